The van der Waals surface area contributed by atoms with Crippen molar-refractivity contribution in [2.45, 2.75) is 32.0 Å². The highest BCUT2D eigenvalue weighted by Gasteiger charge is 2.31. The third-order valence-corrected chi connectivity index (χ3v) is 7.44. The van der Waals surface area contributed by atoms with Crippen LogP contribution in [-0.4, -0.2) is 56.1 Å². The van der Waals surface area contributed by atoms with E-state index in [0.29, 0.717) is 45.3 Å². The Morgan fingerprint density at radius 2 is 2.03 bits per heavy atom. The summed E-state index contributed by atoms with van der Waals surface area (Å²) in [6.07, 6.45) is -3.40. The Hall–Kier alpha value is -3.02. The molecule has 3 heterocycles. The van der Waals surface area contributed by atoms with Gasteiger partial charge in [-0.15, -0.1) is 0 Å². The van der Waals surface area contributed by atoms with Gasteiger partial charge in [-0.25, -0.2) is 9.97 Å². The van der Waals surface area contributed by atoms with E-state index in [4.69, 9.17) is 0 Å². The van der Waals surface area contributed by atoms with Gasteiger partial charge in [-0.3, -0.25) is 4.79 Å². The molecule has 2 aromatic heterocycles. The number of aliphatic hydroxyl groups excluding tert-OH is 1. The Labute approximate surface area is 209 Å². The number of β-amino-alcohol motifs (C(OH)–C–C–N with tert-alkyl or cyclic N) is 1. The summed E-state index contributed by atoms with van der Waals surface area (Å²) < 4.78 is 41.3. The molecule has 2 aromatic carbocycles. The van der Waals surface area contributed by atoms with E-state index in [1.807, 2.05) is 17.7 Å². The number of hydrogen-bond acceptors (Lipinski definition) is 7. The molecule has 2 atom stereocenters. The van der Waals surface area contributed by atoms with Gasteiger partial charge in [0.1, 0.15) is 0 Å². The number of fused-ring (bicyclic) bond motifs is 2. The molecular formula is C25H26F3N5O2S. The molecule has 1 fully saturated rings. The lowest BCUT2D eigenvalue weighted by molar-refractivity contribution is -0.137. The molecule has 0 amide bonds. The summed E-state index contributed by atoms with van der Waals surface area (Å²) in [6.45, 7) is 4.09. The molecule has 0 saturated carbocycles. The fourth-order valence-electron chi connectivity index (χ4n) is 4.73. The van der Waals surface area contributed by atoms with Crippen molar-refractivity contribution in [2.24, 2.45) is 13.0 Å². The number of anilines is 2. The summed E-state index contributed by atoms with van der Waals surface area (Å²) in [5.74, 6) is 0.812. The molecule has 5 rings (SSSR count). The smallest absolute Gasteiger partial charge is 0.392 e. The Morgan fingerprint density at radius 1 is 1.22 bits per heavy atom. The zero-order valence-electron chi connectivity index (χ0n) is 19.8. The normalized spacial score (nSPS) is 17.8. The number of carbonyl (C=O) groups is 1. The van der Waals surface area contributed by atoms with Crippen LogP contribution >= 0.6 is 11.3 Å². The average Bonchev–Trinajstić information content (AvgIpc) is 3.49. The van der Waals surface area contributed by atoms with Crippen LogP contribution in [0.25, 0.3) is 21.3 Å². The lowest BCUT2D eigenvalue weighted by atomic mass is 9.97. The number of nitrogens with zero attached hydrogens (tertiary/aromatic N) is 4. The number of likely N-dealkylation sites (tertiary alicyclic amines) is 1. The molecule has 0 unspecified atom stereocenters. The first kappa shape index (κ1) is 24.7. The molecule has 36 heavy (non-hydrogen) atoms. The van der Waals surface area contributed by atoms with E-state index in [1.165, 1.54) is 6.07 Å². The van der Waals surface area contributed by atoms with Crippen molar-refractivity contribution >= 4 is 49.4 Å². The third kappa shape index (κ3) is 5.09. The second kappa shape index (κ2) is 9.45. The molecule has 7 nitrogen and oxygen atoms in total. The van der Waals surface area contributed by atoms with Gasteiger partial charge in [0.15, 0.2) is 10.9 Å². The van der Waals surface area contributed by atoms with E-state index >= 15 is 0 Å². The van der Waals surface area contributed by atoms with Crippen LogP contribution in [0.15, 0.2) is 36.4 Å². The van der Waals surface area contributed by atoms with Crippen LogP contribution in [0, 0.1) is 5.92 Å². The highest BCUT2D eigenvalue weighted by molar-refractivity contribution is 7.22. The number of ketones is 1. The number of carbonyl (C=O) groups excluding carboxylic acids is 1. The lowest BCUT2D eigenvalue weighted by Gasteiger charge is -2.17. The number of thiazole rings is 1. The van der Waals surface area contributed by atoms with Gasteiger partial charge < -0.3 is 19.9 Å². The highest BCUT2D eigenvalue weighted by Crippen LogP contribution is 2.35. The van der Waals surface area contributed by atoms with Crippen molar-refractivity contribution < 1.29 is 23.1 Å². The maximum atomic E-state index is 13.0. The minimum atomic E-state index is -4.41. The van der Waals surface area contributed by atoms with Crippen molar-refractivity contribution in [1.29, 1.82) is 0 Å². The van der Waals surface area contributed by atoms with Gasteiger partial charge in [0.2, 0.25) is 5.95 Å². The van der Waals surface area contributed by atoms with E-state index in [1.54, 1.807) is 19.1 Å². The molecule has 4 aromatic rings. The molecular weight excluding hydrogens is 491 g/mol. The predicted octanol–water partition coefficient (Wildman–Crippen LogP) is 5.22. The van der Waals surface area contributed by atoms with Crippen molar-refractivity contribution in [2.75, 3.05) is 25.0 Å². The number of nitrogens with one attached hydrogen (secondary N) is 1. The Bertz CT molecular complexity index is 1430. The van der Waals surface area contributed by atoms with Crippen LogP contribution < -0.4 is 5.32 Å². The number of alkyl halides is 3. The zero-order valence-corrected chi connectivity index (χ0v) is 20.7. The largest absolute Gasteiger partial charge is 0.416 e. The number of hydrogen-bond donors (Lipinski definition) is 2. The third-order valence-electron chi connectivity index (χ3n) is 6.50. The van der Waals surface area contributed by atoms with E-state index in [0.717, 1.165) is 48.5 Å². The Morgan fingerprint density at radius 3 is 2.78 bits per heavy atom. The monoisotopic (exact) mass is 517 g/mol. The van der Waals surface area contributed by atoms with Crippen LogP contribution in [0.1, 0.15) is 35.7 Å². The summed E-state index contributed by atoms with van der Waals surface area (Å²) in [5, 5.41) is 13.1. The Balaban J connectivity index is 1.32. The number of benzene rings is 2. The zero-order chi connectivity index (χ0) is 25.6. The van der Waals surface area contributed by atoms with Crippen LogP contribution in [0.3, 0.4) is 0 Å². The summed E-state index contributed by atoms with van der Waals surface area (Å²) in [7, 11) is 1.82. The molecule has 0 radical (unpaired) electrons. The van der Waals surface area contributed by atoms with Crippen LogP contribution in [0.4, 0.5) is 24.3 Å². The quantitative estimate of drug-likeness (QED) is 0.327. The highest BCUT2D eigenvalue weighted by atomic mass is 32.1. The molecule has 11 heteroatoms. The lowest BCUT2D eigenvalue weighted by Crippen LogP contribution is -2.29. The molecule has 1 aliphatic heterocycles. The molecule has 0 spiro atoms. The second-order valence-electron chi connectivity index (χ2n) is 9.41. The topological polar surface area (TPSA) is 83.3 Å². The van der Waals surface area contributed by atoms with Gasteiger partial charge in [0, 0.05) is 32.1 Å². The summed E-state index contributed by atoms with van der Waals surface area (Å²) in [6, 6.07) is 8.91. The van der Waals surface area contributed by atoms with E-state index in [9.17, 15) is 23.1 Å². The molecule has 1 aliphatic rings. The summed E-state index contributed by atoms with van der Waals surface area (Å²) >= 11 is 1.12. The fourth-order valence-corrected chi connectivity index (χ4v) is 5.63. The molecule has 2 N–H and O–H groups in total. The van der Waals surface area contributed by atoms with Gasteiger partial charge in [-0.1, -0.05) is 11.3 Å². The van der Waals surface area contributed by atoms with Gasteiger partial charge in [-0.2, -0.15) is 13.2 Å². The number of halogens is 3. The van der Waals surface area contributed by atoms with Gasteiger partial charge >= 0.3 is 6.18 Å². The molecule has 0 bridgehead atoms. The maximum absolute atomic E-state index is 13.0. The first-order valence-electron chi connectivity index (χ1n) is 11.7. The standard InChI is InChI=1S/C25H26F3N5O2S/c1-14(34)12-33-8-7-15(13-33)9-21(35)16-3-6-20-19(10-16)29-23(32(20)2)31-24-30-18-5-4-17(25(26,27)28)11-22(18)36-24/h3-6,10-11,14-15,34H,7-9,12-13H2,1-2H3,(H,29,30,31)/t14-,15+/m1/s1. The number of Topliss-reactive ketones (excluding diaryl/α,β-unsaturated/α-hetero) is 1. The first-order chi connectivity index (χ1) is 17.1. The molecule has 1 saturated heterocycles. The number of imidazole rings is 1. The van der Waals surface area contributed by atoms with Crippen molar-refractivity contribution in [1.82, 2.24) is 19.4 Å². The van der Waals surface area contributed by atoms with Crippen molar-refractivity contribution in [3.63, 3.8) is 0 Å². The van der Waals surface area contributed by atoms with Crippen LogP contribution in [0.2, 0.25) is 0 Å². The van der Waals surface area contributed by atoms with Gasteiger partial charge in [0.05, 0.1) is 32.9 Å². The summed E-state index contributed by atoms with van der Waals surface area (Å²) in [4.78, 5) is 24.1. The van der Waals surface area contributed by atoms with Gasteiger partial charge in [0.25, 0.3) is 0 Å². The second-order valence-corrected chi connectivity index (χ2v) is 10.4. The van der Waals surface area contributed by atoms with Crippen LogP contribution in [0.5, 0.6) is 0 Å². The number of aromatic nitrogens is 3. The van der Waals surface area contributed by atoms with Crippen molar-refractivity contribution in [3.8, 4) is 0 Å². The SMILES string of the molecule is C[C@@H](O)CN1CC[C@@H](CC(=O)c2ccc3c(c2)nc(Nc2nc4ccc(C(F)(F)F)cc4s2)n3C)C1. The maximum Gasteiger partial charge on any atom is 0.416 e. The fraction of sp³-hybridized carbons (Fsp3) is 0.400. The number of aliphatic hydroxyl groups is 1. The van der Waals surface area contributed by atoms with E-state index in [-0.39, 0.29) is 17.8 Å². The Kier molecular flexibility index (Phi) is 6.48. The minimum Gasteiger partial charge on any atom is -0.392 e. The average molecular weight is 518 g/mol. The van der Waals surface area contributed by atoms with Gasteiger partial charge in [-0.05, 0) is 62.2 Å². The first-order valence-corrected chi connectivity index (χ1v) is 12.5. The van der Waals surface area contributed by atoms with Crippen molar-refractivity contribution in [3.05, 3.63) is 47.5 Å². The molecule has 0 aliphatic carbocycles. The number of aryl methyl sites for hydroxylation is 1. The molecule has 190 valence electrons. The summed E-state index contributed by atoms with van der Waals surface area (Å²) in [5.41, 5.74) is 1.83. The van der Waals surface area contributed by atoms with E-state index in [2.05, 4.69) is 20.2 Å². The minimum absolute atomic E-state index is 0.0626. The predicted molar refractivity (Wildman–Crippen MR) is 134 cm³/mol. The van der Waals surface area contributed by atoms with Crippen LogP contribution in [-0.2, 0) is 13.2 Å². The number of rotatable bonds is 7. The van der Waals surface area contributed by atoms with E-state index < -0.39 is 11.7 Å².